The number of aliphatic hydroxyl groups is 3. The van der Waals surface area contributed by atoms with Gasteiger partial charge >= 0.3 is 11.9 Å². The van der Waals surface area contributed by atoms with Gasteiger partial charge in [-0.2, -0.15) is 0 Å². The number of rotatable bonds is 11. The molecule has 0 saturated carbocycles. The Labute approximate surface area is 247 Å². The van der Waals surface area contributed by atoms with Crippen LogP contribution in [0.15, 0.2) is 71.4 Å². The summed E-state index contributed by atoms with van der Waals surface area (Å²) >= 11 is 0. The van der Waals surface area contributed by atoms with Crippen molar-refractivity contribution in [1.29, 1.82) is 0 Å². The van der Waals surface area contributed by atoms with Crippen molar-refractivity contribution >= 4 is 11.9 Å². The van der Waals surface area contributed by atoms with Crippen molar-refractivity contribution in [2.45, 2.75) is 118 Å². The Hall–Kier alpha value is -2.74. The third-order valence-electron chi connectivity index (χ3n) is 6.91. The fraction of sp³-hybridized carbons (Fsp3) is 0.588. The second-order valence-electron chi connectivity index (χ2n) is 11.6. The minimum absolute atomic E-state index is 0.102. The van der Waals surface area contributed by atoms with E-state index in [2.05, 4.69) is 32.9 Å². The van der Waals surface area contributed by atoms with E-state index in [-0.39, 0.29) is 36.4 Å². The number of aliphatic hydroxyl groups excluding tert-OH is 3. The SMILES string of the molecule is CC(=CC=CC(C)=C[C@@H](O)[C@@H](O)C[C@H](C)O)C=C(C)C=CC(=O)O[C@H]1CCCC(=O)O[C@@H](C(C)C)CC=CC[C@@H]1C. The molecule has 0 aromatic rings. The molecule has 1 aliphatic heterocycles. The average Bonchev–Trinajstić information content (AvgIpc) is 2.87. The Morgan fingerprint density at radius 3 is 2.37 bits per heavy atom. The lowest BCUT2D eigenvalue weighted by Crippen LogP contribution is -2.27. The van der Waals surface area contributed by atoms with Gasteiger partial charge in [-0.25, -0.2) is 4.79 Å². The summed E-state index contributed by atoms with van der Waals surface area (Å²) in [7, 11) is 0. The van der Waals surface area contributed by atoms with Gasteiger partial charge < -0.3 is 24.8 Å². The summed E-state index contributed by atoms with van der Waals surface area (Å²) in [6.45, 7) is 13.4. The van der Waals surface area contributed by atoms with Crippen molar-refractivity contribution in [3.8, 4) is 0 Å². The van der Waals surface area contributed by atoms with Crippen LogP contribution in [-0.4, -0.2) is 57.8 Å². The van der Waals surface area contributed by atoms with E-state index >= 15 is 0 Å². The predicted molar refractivity (Wildman–Crippen MR) is 164 cm³/mol. The van der Waals surface area contributed by atoms with E-state index in [1.807, 2.05) is 45.1 Å². The summed E-state index contributed by atoms with van der Waals surface area (Å²) in [6, 6.07) is 0. The first kappa shape index (κ1) is 36.3. The first-order valence-electron chi connectivity index (χ1n) is 14.8. The van der Waals surface area contributed by atoms with Crippen LogP contribution in [0.2, 0.25) is 0 Å². The maximum Gasteiger partial charge on any atom is 0.331 e. The zero-order valence-electron chi connectivity index (χ0n) is 26.0. The van der Waals surface area contributed by atoms with Crippen LogP contribution in [0.5, 0.6) is 0 Å². The number of cyclic esters (lactones) is 1. The highest BCUT2D eigenvalue weighted by Crippen LogP contribution is 2.22. The summed E-state index contributed by atoms with van der Waals surface area (Å²) in [6.07, 6.45) is 16.3. The van der Waals surface area contributed by atoms with Crippen molar-refractivity contribution < 1.29 is 34.4 Å². The largest absolute Gasteiger partial charge is 0.462 e. The van der Waals surface area contributed by atoms with Gasteiger partial charge in [-0.15, -0.1) is 0 Å². The van der Waals surface area contributed by atoms with E-state index in [9.17, 15) is 24.9 Å². The normalized spacial score (nSPS) is 24.6. The molecule has 0 radical (unpaired) electrons. The predicted octanol–water partition coefficient (Wildman–Crippen LogP) is 6.07. The minimum atomic E-state index is -1.05. The maximum absolute atomic E-state index is 12.6. The lowest BCUT2D eigenvalue weighted by Gasteiger charge is -2.24. The Balaban J connectivity index is 2.73. The third-order valence-corrected chi connectivity index (χ3v) is 6.91. The van der Waals surface area contributed by atoms with Gasteiger partial charge in [0.1, 0.15) is 12.2 Å². The molecular weight excluding hydrogens is 520 g/mol. The van der Waals surface area contributed by atoms with Gasteiger partial charge in [0.15, 0.2) is 0 Å². The van der Waals surface area contributed by atoms with E-state index in [0.29, 0.717) is 25.7 Å². The molecule has 0 saturated heterocycles. The number of allylic oxidation sites excluding steroid dienone is 9. The molecule has 41 heavy (non-hydrogen) atoms. The van der Waals surface area contributed by atoms with Crippen LogP contribution >= 0.6 is 0 Å². The number of hydrogen-bond donors (Lipinski definition) is 3. The first-order chi connectivity index (χ1) is 19.3. The number of ether oxygens (including phenoxy) is 2. The minimum Gasteiger partial charge on any atom is -0.462 e. The topological polar surface area (TPSA) is 113 Å². The fourth-order valence-corrected chi connectivity index (χ4v) is 4.40. The highest BCUT2D eigenvalue weighted by Gasteiger charge is 2.23. The molecule has 1 heterocycles. The second-order valence-corrected chi connectivity index (χ2v) is 11.6. The van der Waals surface area contributed by atoms with Gasteiger partial charge in [-0.1, -0.05) is 86.1 Å². The number of hydrogen-bond acceptors (Lipinski definition) is 7. The van der Waals surface area contributed by atoms with E-state index < -0.39 is 24.3 Å². The average molecular weight is 573 g/mol. The molecule has 0 spiro atoms. The van der Waals surface area contributed by atoms with Crippen molar-refractivity contribution in [1.82, 2.24) is 0 Å². The highest BCUT2D eigenvalue weighted by atomic mass is 16.5. The number of carbonyl (C=O) groups is 2. The molecule has 1 aliphatic rings. The first-order valence-corrected chi connectivity index (χ1v) is 14.8. The molecule has 0 aromatic carbocycles. The van der Waals surface area contributed by atoms with Crippen molar-refractivity contribution in [2.75, 3.05) is 0 Å². The summed E-state index contributed by atoms with van der Waals surface area (Å²) in [5.41, 5.74) is 2.62. The molecule has 230 valence electrons. The summed E-state index contributed by atoms with van der Waals surface area (Å²) in [5, 5.41) is 29.3. The Kier molecular flexibility index (Phi) is 17.2. The summed E-state index contributed by atoms with van der Waals surface area (Å²) < 4.78 is 11.4. The van der Waals surface area contributed by atoms with Gasteiger partial charge in [0, 0.05) is 25.3 Å². The van der Waals surface area contributed by atoms with E-state index in [1.54, 1.807) is 19.1 Å². The molecule has 3 N–H and O–H groups in total. The van der Waals surface area contributed by atoms with E-state index in [1.165, 1.54) is 6.08 Å². The quantitative estimate of drug-likeness (QED) is 0.119. The smallest absolute Gasteiger partial charge is 0.331 e. The van der Waals surface area contributed by atoms with Crippen LogP contribution in [0, 0.1) is 11.8 Å². The van der Waals surface area contributed by atoms with Crippen LogP contribution in [0.3, 0.4) is 0 Å². The standard InChI is InChI=1S/C34H52O7/c1-23(2)31-15-9-8-14-27(6)32(16-11-17-33(38)40-31)41-34(39)19-18-26(5)20-24(3)12-10-13-25(4)21-29(36)30(37)22-28(7)35/h8-10,12-13,18-21,23,27-32,35-37H,11,14-17,22H2,1-7H3/t27-,28-,29+,30-,31+,32-/m0/s1. The Morgan fingerprint density at radius 1 is 1.02 bits per heavy atom. The Bertz CT molecular complexity index is 997. The van der Waals surface area contributed by atoms with Gasteiger partial charge in [0.2, 0.25) is 0 Å². The van der Waals surface area contributed by atoms with Gasteiger partial charge in [-0.05, 0) is 58.8 Å². The van der Waals surface area contributed by atoms with Crippen molar-refractivity contribution in [2.24, 2.45) is 11.8 Å². The van der Waals surface area contributed by atoms with Crippen LogP contribution < -0.4 is 0 Å². The van der Waals surface area contributed by atoms with Gasteiger partial charge in [0.25, 0.3) is 0 Å². The molecule has 0 amide bonds. The van der Waals surface area contributed by atoms with Gasteiger partial charge in [-0.3, -0.25) is 4.79 Å². The third kappa shape index (κ3) is 16.3. The van der Waals surface area contributed by atoms with Crippen LogP contribution in [0.4, 0.5) is 0 Å². The number of esters is 2. The Morgan fingerprint density at radius 2 is 1.71 bits per heavy atom. The zero-order valence-corrected chi connectivity index (χ0v) is 26.0. The second kappa shape index (κ2) is 19.4. The summed E-state index contributed by atoms with van der Waals surface area (Å²) in [4.78, 5) is 24.9. The maximum atomic E-state index is 12.6. The molecule has 6 atom stereocenters. The van der Waals surface area contributed by atoms with Gasteiger partial charge in [0.05, 0.1) is 18.3 Å². The van der Waals surface area contributed by atoms with E-state index in [0.717, 1.165) is 23.1 Å². The molecule has 7 heteroatoms. The fourth-order valence-electron chi connectivity index (χ4n) is 4.40. The molecular formula is C34H52O7. The number of carbonyl (C=O) groups excluding carboxylic acids is 2. The lowest BCUT2D eigenvalue weighted by molar-refractivity contribution is -0.151. The molecule has 0 bridgehead atoms. The molecule has 7 nitrogen and oxygen atoms in total. The van der Waals surface area contributed by atoms with Crippen molar-refractivity contribution in [3.05, 3.63) is 71.4 Å². The van der Waals surface area contributed by atoms with Crippen LogP contribution in [0.1, 0.15) is 87.0 Å². The lowest BCUT2D eigenvalue weighted by atomic mass is 9.94. The monoisotopic (exact) mass is 572 g/mol. The molecule has 1 rings (SSSR count). The summed E-state index contributed by atoms with van der Waals surface area (Å²) in [5.74, 6) is -0.228. The highest BCUT2D eigenvalue weighted by molar-refractivity contribution is 5.82. The van der Waals surface area contributed by atoms with Crippen LogP contribution in [0.25, 0.3) is 0 Å². The molecule has 0 aliphatic carbocycles. The zero-order chi connectivity index (χ0) is 30.9. The molecule has 0 unspecified atom stereocenters. The van der Waals surface area contributed by atoms with E-state index in [4.69, 9.17) is 9.47 Å². The molecule has 0 aromatic heterocycles. The van der Waals surface area contributed by atoms with Crippen LogP contribution in [-0.2, 0) is 19.1 Å². The van der Waals surface area contributed by atoms with Crippen molar-refractivity contribution in [3.63, 3.8) is 0 Å². The molecule has 0 fully saturated rings.